The first-order valence-corrected chi connectivity index (χ1v) is 9.86. The van der Waals surface area contributed by atoms with Gasteiger partial charge in [-0.3, -0.25) is 19.2 Å². The molecular formula is C19H28N4O4. The second-order valence-corrected chi connectivity index (χ2v) is 9.13. The Balaban J connectivity index is 1.68. The Bertz CT molecular complexity index is 716. The number of hydrogen-bond donors (Lipinski definition) is 4. The molecule has 4 aliphatic rings. The summed E-state index contributed by atoms with van der Waals surface area (Å²) >= 11 is 0. The van der Waals surface area contributed by atoms with Crippen molar-refractivity contribution < 1.29 is 19.2 Å². The number of rotatable bonds is 7. The molecule has 0 spiro atoms. The normalized spacial score (nSPS) is 37.3. The Morgan fingerprint density at radius 3 is 2.48 bits per heavy atom. The fourth-order valence-corrected chi connectivity index (χ4v) is 5.89. The number of carbonyl (C=O) groups excluding carboxylic acids is 4. The third-order valence-electron chi connectivity index (χ3n) is 7.48. The largest absolute Gasteiger partial charge is 0.368 e. The summed E-state index contributed by atoms with van der Waals surface area (Å²) in [4.78, 5) is 50.2. The summed E-state index contributed by atoms with van der Waals surface area (Å²) in [7, 11) is 0. The van der Waals surface area contributed by atoms with Gasteiger partial charge in [0.2, 0.25) is 17.6 Å². The topological polar surface area (TPSA) is 130 Å². The Morgan fingerprint density at radius 2 is 1.96 bits per heavy atom. The number of piperidine rings is 1. The molecule has 0 aromatic carbocycles. The molecule has 0 bridgehead atoms. The third-order valence-corrected chi connectivity index (χ3v) is 7.48. The zero-order valence-corrected chi connectivity index (χ0v) is 15.8. The number of amides is 3. The van der Waals surface area contributed by atoms with Gasteiger partial charge in [-0.25, -0.2) is 0 Å². The molecular weight excluding hydrogens is 348 g/mol. The van der Waals surface area contributed by atoms with Crippen LogP contribution < -0.4 is 21.7 Å². The standard InChI is InChI=1S/C19H28N4O4/c1-18(2)12-8-22-14(15(20)25)19(12,18)11(7-9-5-6-21-16(9)26)13(24)17(27)23-10-3-4-10/h9-12,14,22H,3-8H2,1-2H3,(H2,20,25)(H,21,26)(H,23,27)/t9-,11-,12?,14?,19?/m1/s1. The number of primary amides is 1. The Hall–Kier alpha value is -1.96. The molecule has 8 heteroatoms. The van der Waals surface area contributed by atoms with Crippen molar-refractivity contribution in [1.29, 1.82) is 0 Å². The minimum Gasteiger partial charge on any atom is -0.368 e. The summed E-state index contributed by atoms with van der Waals surface area (Å²) in [5.41, 5.74) is 4.66. The quantitative estimate of drug-likeness (QED) is 0.427. The number of nitrogens with one attached hydrogen (secondary N) is 3. The second kappa shape index (κ2) is 6.02. The molecule has 5 N–H and O–H groups in total. The van der Waals surface area contributed by atoms with Crippen molar-refractivity contribution in [2.75, 3.05) is 13.1 Å². The summed E-state index contributed by atoms with van der Waals surface area (Å²) in [6, 6.07) is -0.587. The van der Waals surface area contributed by atoms with Crippen LogP contribution in [0.4, 0.5) is 0 Å². The van der Waals surface area contributed by atoms with Gasteiger partial charge in [-0.15, -0.1) is 0 Å². The smallest absolute Gasteiger partial charge is 0.287 e. The van der Waals surface area contributed by atoms with Gasteiger partial charge in [0, 0.05) is 29.8 Å². The first-order valence-electron chi connectivity index (χ1n) is 9.86. The Kier molecular flexibility index (Phi) is 4.10. The van der Waals surface area contributed by atoms with E-state index < -0.39 is 35.0 Å². The van der Waals surface area contributed by atoms with Gasteiger partial charge in [-0.1, -0.05) is 13.8 Å². The van der Waals surface area contributed by atoms with Crippen molar-refractivity contribution in [1.82, 2.24) is 16.0 Å². The minimum atomic E-state index is -0.709. The van der Waals surface area contributed by atoms with E-state index in [1.54, 1.807) is 0 Å². The minimum absolute atomic E-state index is 0.0750. The van der Waals surface area contributed by atoms with Crippen LogP contribution >= 0.6 is 0 Å². The summed E-state index contributed by atoms with van der Waals surface area (Å²) < 4.78 is 0. The van der Waals surface area contributed by atoms with Crippen LogP contribution in [-0.2, 0) is 19.2 Å². The molecule has 4 rings (SSSR count). The van der Waals surface area contributed by atoms with Crippen LogP contribution in [0.1, 0.15) is 39.5 Å². The van der Waals surface area contributed by atoms with E-state index >= 15 is 0 Å². The highest BCUT2D eigenvalue weighted by Gasteiger charge is 2.81. The number of fused-ring (bicyclic) bond motifs is 1. The molecule has 2 saturated heterocycles. The van der Waals surface area contributed by atoms with Crippen LogP contribution in [-0.4, -0.2) is 48.7 Å². The fourth-order valence-electron chi connectivity index (χ4n) is 5.89. The lowest BCUT2D eigenvalue weighted by Crippen LogP contribution is -2.53. The van der Waals surface area contributed by atoms with Gasteiger partial charge in [-0.2, -0.15) is 0 Å². The lowest BCUT2D eigenvalue weighted by atomic mass is 9.70. The van der Waals surface area contributed by atoms with Crippen molar-refractivity contribution in [3.63, 3.8) is 0 Å². The highest BCUT2D eigenvalue weighted by atomic mass is 16.2. The van der Waals surface area contributed by atoms with E-state index in [1.807, 2.05) is 13.8 Å². The summed E-state index contributed by atoms with van der Waals surface area (Å²) in [5, 5.41) is 8.73. The van der Waals surface area contributed by atoms with Gasteiger partial charge in [0.05, 0.1) is 6.04 Å². The van der Waals surface area contributed by atoms with Gasteiger partial charge >= 0.3 is 0 Å². The number of nitrogens with two attached hydrogens (primary N) is 1. The van der Waals surface area contributed by atoms with Crippen molar-refractivity contribution in [3.05, 3.63) is 0 Å². The van der Waals surface area contributed by atoms with Crippen LogP contribution in [0.25, 0.3) is 0 Å². The van der Waals surface area contributed by atoms with Crippen LogP contribution in [0.15, 0.2) is 0 Å². The molecule has 148 valence electrons. The van der Waals surface area contributed by atoms with Gasteiger partial charge < -0.3 is 21.7 Å². The molecule has 0 aromatic heterocycles. The third kappa shape index (κ3) is 2.60. The zero-order valence-electron chi connectivity index (χ0n) is 15.8. The van der Waals surface area contributed by atoms with Crippen LogP contribution in [0.2, 0.25) is 0 Å². The Morgan fingerprint density at radius 1 is 1.26 bits per heavy atom. The lowest BCUT2D eigenvalue weighted by molar-refractivity contribution is -0.144. The summed E-state index contributed by atoms with van der Waals surface area (Å²) in [6.07, 6.45) is 2.70. The predicted octanol–water partition coefficient (Wildman–Crippen LogP) is -0.924. The molecule has 0 radical (unpaired) electrons. The zero-order chi connectivity index (χ0) is 19.6. The SMILES string of the molecule is CC1(C)C2CNC(C(N)=O)C21[C@H](C[C@H]1CCNC1=O)C(=O)C(=O)NC1CC1. The maximum Gasteiger partial charge on any atom is 0.287 e. The highest BCUT2D eigenvalue weighted by Crippen LogP contribution is 2.77. The number of carbonyl (C=O) groups is 4. The fraction of sp³-hybridized carbons (Fsp3) is 0.789. The molecule has 3 amide bonds. The molecule has 2 aliphatic carbocycles. The number of hydrogen-bond acceptors (Lipinski definition) is 5. The highest BCUT2D eigenvalue weighted by molar-refractivity contribution is 6.37. The lowest BCUT2D eigenvalue weighted by Gasteiger charge is -2.34. The van der Waals surface area contributed by atoms with E-state index in [1.165, 1.54) is 0 Å². The van der Waals surface area contributed by atoms with Crippen molar-refractivity contribution in [2.24, 2.45) is 34.3 Å². The number of ketones is 1. The van der Waals surface area contributed by atoms with E-state index in [0.29, 0.717) is 19.5 Å². The Labute approximate surface area is 158 Å². The van der Waals surface area contributed by atoms with E-state index in [9.17, 15) is 19.2 Å². The first-order chi connectivity index (χ1) is 12.7. The predicted molar refractivity (Wildman–Crippen MR) is 96.1 cm³/mol. The van der Waals surface area contributed by atoms with Crippen molar-refractivity contribution in [2.45, 2.75) is 51.6 Å². The van der Waals surface area contributed by atoms with E-state index in [0.717, 1.165) is 12.8 Å². The maximum atomic E-state index is 13.3. The molecule has 0 aromatic rings. The van der Waals surface area contributed by atoms with Crippen LogP contribution in [0.3, 0.4) is 0 Å². The van der Waals surface area contributed by atoms with Crippen molar-refractivity contribution >= 4 is 23.5 Å². The second-order valence-electron chi connectivity index (χ2n) is 9.13. The van der Waals surface area contributed by atoms with E-state index in [-0.39, 0.29) is 35.6 Å². The monoisotopic (exact) mass is 376 g/mol. The molecule has 2 aliphatic heterocycles. The average molecular weight is 376 g/mol. The molecule has 2 heterocycles. The van der Waals surface area contributed by atoms with Crippen LogP contribution in [0.5, 0.6) is 0 Å². The van der Waals surface area contributed by atoms with Crippen molar-refractivity contribution in [3.8, 4) is 0 Å². The summed E-state index contributed by atoms with van der Waals surface area (Å²) in [5.74, 6) is -2.61. The first kappa shape index (κ1) is 18.4. The molecule has 8 nitrogen and oxygen atoms in total. The molecule has 2 saturated carbocycles. The van der Waals surface area contributed by atoms with E-state index in [2.05, 4.69) is 16.0 Å². The number of Topliss-reactive ketones (excluding diaryl/α,β-unsaturated/α-hetero) is 1. The van der Waals surface area contributed by atoms with Crippen LogP contribution in [0, 0.1) is 28.6 Å². The maximum absolute atomic E-state index is 13.3. The molecule has 5 atom stereocenters. The van der Waals surface area contributed by atoms with E-state index in [4.69, 9.17) is 5.73 Å². The van der Waals surface area contributed by atoms with Gasteiger partial charge in [0.1, 0.15) is 0 Å². The summed E-state index contributed by atoms with van der Waals surface area (Å²) in [6.45, 7) is 5.23. The van der Waals surface area contributed by atoms with Gasteiger partial charge in [0.15, 0.2) is 0 Å². The average Bonchev–Trinajstić information content (AvgIpc) is 3.34. The molecule has 3 unspecified atom stereocenters. The van der Waals surface area contributed by atoms with Gasteiger partial charge in [-0.05, 0) is 43.6 Å². The van der Waals surface area contributed by atoms with Gasteiger partial charge in [0.25, 0.3) is 5.91 Å². The molecule has 27 heavy (non-hydrogen) atoms. The molecule has 4 fully saturated rings.